The molecule has 1 aromatic rings. The molecule has 0 radical (unpaired) electrons. The first-order valence-corrected chi connectivity index (χ1v) is 8.50. The lowest BCUT2D eigenvalue weighted by Crippen LogP contribution is -2.03. The number of thioether (sulfide) groups is 2. The zero-order valence-corrected chi connectivity index (χ0v) is 12.9. The Labute approximate surface area is 123 Å². The Bertz CT molecular complexity index is 451. The molecule has 0 saturated carbocycles. The molecule has 96 valence electrons. The third-order valence-electron chi connectivity index (χ3n) is 2.54. The maximum atomic E-state index is 10.8. The molecule has 0 unspecified atom stereocenters. The van der Waals surface area contributed by atoms with Crippen molar-refractivity contribution in [3.8, 4) is 0 Å². The van der Waals surface area contributed by atoms with Crippen LogP contribution in [0.4, 0.5) is 0 Å². The van der Waals surface area contributed by atoms with E-state index in [9.17, 15) is 4.79 Å². The van der Waals surface area contributed by atoms with Gasteiger partial charge in [0.15, 0.2) is 0 Å². The van der Waals surface area contributed by atoms with Crippen LogP contribution in [0.1, 0.15) is 22.3 Å². The molecule has 0 aliphatic carbocycles. The molecular weight excluding hydrogens is 332 g/mol. The highest BCUT2D eigenvalue weighted by Crippen LogP contribution is 2.35. The molecule has 18 heavy (non-hydrogen) atoms. The van der Waals surface area contributed by atoms with Crippen molar-refractivity contribution in [3.63, 3.8) is 0 Å². The van der Waals surface area contributed by atoms with Crippen LogP contribution in [0.3, 0.4) is 0 Å². The molecule has 2 rings (SSSR count). The molecular formula is C13H13BrO2S2. The summed E-state index contributed by atoms with van der Waals surface area (Å²) >= 11 is 7.48. The summed E-state index contributed by atoms with van der Waals surface area (Å²) in [5.74, 6) is 1.54. The van der Waals surface area contributed by atoms with Gasteiger partial charge in [-0.1, -0.05) is 28.1 Å². The highest BCUT2D eigenvalue weighted by Gasteiger charge is 2.13. The number of hydrogen-bond donors (Lipinski definition) is 1. The normalized spacial score (nSPS) is 17.7. The second-order valence-electron chi connectivity index (χ2n) is 3.86. The minimum absolute atomic E-state index is 0.320. The van der Waals surface area contributed by atoms with E-state index in [-0.39, 0.29) is 0 Å². The molecule has 1 fully saturated rings. The zero-order chi connectivity index (χ0) is 13.0. The molecule has 0 amide bonds. The molecule has 0 spiro atoms. The fraction of sp³-hybridized carbons (Fsp3) is 0.308. The van der Waals surface area contributed by atoms with Gasteiger partial charge in [-0.25, -0.2) is 4.79 Å². The number of carboxylic acids is 1. The van der Waals surface area contributed by atoms with E-state index in [2.05, 4.69) is 22.0 Å². The van der Waals surface area contributed by atoms with Crippen molar-refractivity contribution in [2.45, 2.75) is 11.0 Å². The van der Waals surface area contributed by atoms with Gasteiger partial charge in [-0.3, -0.25) is 0 Å². The van der Waals surface area contributed by atoms with E-state index < -0.39 is 5.97 Å². The Morgan fingerprint density at radius 1 is 1.22 bits per heavy atom. The van der Waals surface area contributed by atoms with Gasteiger partial charge in [-0.15, -0.1) is 23.5 Å². The number of carbonyl (C=O) groups is 1. The Morgan fingerprint density at radius 3 is 2.33 bits per heavy atom. The molecule has 1 aromatic carbocycles. The summed E-state index contributed by atoms with van der Waals surface area (Å²) in [6.07, 6.45) is 3.48. The van der Waals surface area contributed by atoms with Gasteiger partial charge in [0, 0.05) is 4.48 Å². The van der Waals surface area contributed by atoms with Gasteiger partial charge in [-0.05, 0) is 41.7 Å². The van der Waals surface area contributed by atoms with Crippen LogP contribution in [-0.2, 0) is 0 Å². The van der Waals surface area contributed by atoms with E-state index in [0.29, 0.717) is 10.1 Å². The molecule has 1 saturated heterocycles. The van der Waals surface area contributed by atoms with E-state index in [1.54, 1.807) is 12.1 Å². The Balaban J connectivity index is 2.09. The number of aromatic carboxylic acids is 1. The minimum Gasteiger partial charge on any atom is -0.478 e. The predicted octanol–water partition coefficient (Wildman–Crippen LogP) is 4.32. The highest BCUT2D eigenvalue weighted by molar-refractivity contribution is 9.15. The van der Waals surface area contributed by atoms with Crippen molar-refractivity contribution in [2.75, 3.05) is 11.5 Å². The van der Waals surface area contributed by atoms with Crippen LogP contribution in [0.15, 0.2) is 30.3 Å². The van der Waals surface area contributed by atoms with Crippen LogP contribution in [-0.4, -0.2) is 27.2 Å². The van der Waals surface area contributed by atoms with Gasteiger partial charge in [0.05, 0.1) is 10.1 Å². The van der Waals surface area contributed by atoms with Gasteiger partial charge in [0.2, 0.25) is 0 Å². The van der Waals surface area contributed by atoms with Crippen molar-refractivity contribution < 1.29 is 9.90 Å². The molecule has 1 aliphatic heterocycles. The molecule has 1 heterocycles. The van der Waals surface area contributed by atoms with Crippen LogP contribution in [0.25, 0.3) is 4.48 Å². The lowest BCUT2D eigenvalue weighted by atomic mass is 10.1. The Kier molecular flexibility index (Phi) is 5.21. The summed E-state index contributed by atoms with van der Waals surface area (Å²) in [6, 6.07) is 6.94. The van der Waals surface area contributed by atoms with Crippen molar-refractivity contribution >= 4 is 49.9 Å². The first-order valence-electron chi connectivity index (χ1n) is 5.61. The quantitative estimate of drug-likeness (QED) is 0.885. The lowest BCUT2D eigenvalue weighted by molar-refractivity contribution is 0.0697. The fourth-order valence-electron chi connectivity index (χ4n) is 1.59. The van der Waals surface area contributed by atoms with Crippen LogP contribution in [0, 0.1) is 0 Å². The summed E-state index contributed by atoms with van der Waals surface area (Å²) in [5.41, 5.74) is 1.34. The van der Waals surface area contributed by atoms with E-state index in [4.69, 9.17) is 5.11 Å². The monoisotopic (exact) mass is 344 g/mol. The van der Waals surface area contributed by atoms with Gasteiger partial charge >= 0.3 is 5.97 Å². The molecule has 0 aromatic heterocycles. The third kappa shape index (κ3) is 3.80. The summed E-state index contributed by atoms with van der Waals surface area (Å²) in [7, 11) is 0. The van der Waals surface area contributed by atoms with Crippen molar-refractivity contribution in [1.82, 2.24) is 0 Å². The Morgan fingerprint density at radius 2 is 1.78 bits per heavy atom. The Hall–Kier alpha value is -0.390. The number of benzene rings is 1. The maximum Gasteiger partial charge on any atom is 0.335 e. The number of rotatable bonds is 3. The average molecular weight is 345 g/mol. The smallest absolute Gasteiger partial charge is 0.335 e. The molecule has 5 heteroatoms. The molecule has 0 bridgehead atoms. The zero-order valence-electron chi connectivity index (χ0n) is 9.64. The largest absolute Gasteiger partial charge is 0.478 e. The van der Waals surface area contributed by atoms with E-state index in [1.807, 2.05) is 35.7 Å². The standard InChI is InChI=1S/C13H13BrO2S2/c14-11(8-12-17-6-1-7-18-12)9-2-4-10(5-3-9)13(15)16/h2-5,8,12H,1,6-7H2,(H,15,16)/b11-8-. The molecule has 0 atom stereocenters. The molecule has 1 aliphatic rings. The van der Waals surface area contributed by atoms with Crippen molar-refractivity contribution in [2.24, 2.45) is 0 Å². The van der Waals surface area contributed by atoms with Crippen molar-refractivity contribution in [1.29, 1.82) is 0 Å². The minimum atomic E-state index is -0.889. The van der Waals surface area contributed by atoms with Crippen LogP contribution < -0.4 is 0 Å². The molecule has 2 nitrogen and oxygen atoms in total. The highest BCUT2D eigenvalue weighted by atomic mass is 79.9. The van der Waals surface area contributed by atoms with Gasteiger partial charge in [0.1, 0.15) is 0 Å². The van der Waals surface area contributed by atoms with E-state index >= 15 is 0 Å². The number of hydrogen-bond acceptors (Lipinski definition) is 3. The maximum absolute atomic E-state index is 10.8. The first kappa shape index (κ1) is 14.0. The topological polar surface area (TPSA) is 37.3 Å². The van der Waals surface area contributed by atoms with Crippen LogP contribution in [0.5, 0.6) is 0 Å². The summed E-state index contributed by atoms with van der Waals surface area (Å²) in [5, 5.41) is 8.84. The second-order valence-corrected chi connectivity index (χ2v) is 7.51. The number of halogens is 1. The number of carboxylic acid groups (broad SMARTS) is 1. The SMILES string of the molecule is O=C(O)c1ccc(/C(Br)=C/C2SCCCS2)cc1. The fourth-order valence-corrected chi connectivity index (χ4v) is 5.16. The van der Waals surface area contributed by atoms with E-state index in [0.717, 1.165) is 10.0 Å². The summed E-state index contributed by atoms with van der Waals surface area (Å²) < 4.78 is 1.53. The van der Waals surface area contributed by atoms with Gasteiger partial charge < -0.3 is 5.11 Å². The van der Waals surface area contributed by atoms with Crippen molar-refractivity contribution in [3.05, 3.63) is 41.5 Å². The average Bonchev–Trinajstić information content (AvgIpc) is 2.40. The second kappa shape index (κ2) is 6.68. The molecule has 1 N–H and O–H groups in total. The van der Waals surface area contributed by atoms with Gasteiger partial charge in [-0.2, -0.15) is 0 Å². The van der Waals surface area contributed by atoms with Crippen LogP contribution >= 0.6 is 39.5 Å². The first-order chi connectivity index (χ1) is 8.66. The van der Waals surface area contributed by atoms with Crippen LogP contribution in [0.2, 0.25) is 0 Å². The third-order valence-corrected chi connectivity index (χ3v) is 6.06. The lowest BCUT2D eigenvalue weighted by Gasteiger charge is -2.18. The predicted molar refractivity (Wildman–Crippen MR) is 83.6 cm³/mol. The van der Waals surface area contributed by atoms with Gasteiger partial charge in [0.25, 0.3) is 0 Å². The van der Waals surface area contributed by atoms with E-state index in [1.165, 1.54) is 17.9 Å². The summed E-state index contributed by atoms with van der Waals surface area (Å²) in [6.45, 7) is 0. The summed E-state index contributed by atoms with van der Waals surface area (Å²) in [4.78, 5) is 10.8.